The Hall–Kier alpha value is -2.34. The van der Waals surface area contributed by atoms with Crippen LogP contribution in [0.1, 0.15) is 42.1 Å². The Morgan fingerprint density at radius 3 is 2.78 bits per heavy atom. The Bertz CT molecular complexity index is 867. The van der Waals surface area contributed by atoms with Crippen molar-refractivity contribution in [3.05, 3.63) is 52.0 Å². The van der Waals surface area contributed by atoms with Crippen molar-refractivity contribution in [2.45, 2.75) is 32.6 Å². The average molecular weight is 431 g/mol. The van der Waals surface area contributed by atoms with E-state index >= 15 is 0 Å². The van der Waals surface area contributed by atoms with E-state index in [1.807, 2.05) is 23.1 Å². The average Bonchev–Trinajstić information content (AvgIpc) is 2.67. The van der Waals surface area contributed by atoms with Crippen molar-refractivity contribution in [2.75, 3.05) is 23.9 Å². The number of amides is 2. The van der Waals surface area contributed by atoms with Gasteiger partial charge in [0.2, 0.25) is 5.91 Å². The first-order valence-electron chi connectivity index (χ1n) is 9.11. The molecule has 1 heterocycles. The summed E-state index contributed by atoms with van der Waals surface area (Å²) in [5, 5.41) is 2.94. The number of fused-ring (bicyclic) bond motifs is 1. The molecule has 0 bridgehead atoms. The summed E-state index contributed by atoms with van der Waals surface area (Å²) in [6, 6.07) is 11.0. The van der Waals surface area contributed by atoms with Crippen LogP contribution in [-0.2, 0) is 11.2 Å². The van der Waals surface area contributed by atoms with Gasteiger partial charge in [0.15, 0.2) is 0 Å². The van der Waals surface area contributed by atoms with E-state index < -0.39 is 0 Å². The lowest BCUT2D eigenvalue weighted by Crippen LogP contribution is -2.35. The highest BCUT2D eigenvalue weighted by atomic mass is 79.9. The molecule has 1 aliphatic heterocycles. The quantitative estimate of drug-likeness (QED) is 0.716. The lowest BCUT2D eigenvalue weighted by atomic mass is 10.00. The molecule has 0 saturated heterocycles. The fourth-order valence-corrected chi connectivity index (χ4v) is 3.63. The van der Waals surface area contributed by atoms with E-state index in [0.29, 0.717) is 28.6 Å². The Kier molecular flexibility index (Phi) is 6.16. The van der Waals surface area contributed by atoms with Crippen molar-refractivity contribution in [1.29, 1.82) is 0 Å². The molecule has 3 rings (SSSR count). The molecule has 0 aromatic heterocycles. The first-order valence-corrected chi connectivity index (χ1v) is 9.91. The third-order valence-electron chi connectivity index (χ3n) is 4.69. The minimum absolute atomic E-state index is 0.174. The smallest absolute Gasteiger partial charge is 0.256 e. The number of aryl methyl sites for hydroxylation is 1. The Balaban J connectivity index is 1.81. The molecule has 0 aliphatic carbocycles. The summed E-state index contributed by atoms with van der Waals surface area (Å²) in [4.78, 5) is 26.8. The van der Waals surface area contributed by atoms with Gasteiger partial charge in [-0.3, -0.25) is 9.59 Å². The molecule has 0 spiro atoms. The maximum Gasteiger partial charge on any atom is 0.256 e. The monoisotopic (exact) mass is 430 g/mol. The maximum atomic E-state index is 12.7. The number of benzene rings is 2. The number of unbranched alkanes of at least 4 members (excludes halogenated alkanes) is 1. The van der Waals surface area contributed by atoms with Gasteiger partial charge in [0, 0.05) is 28.8 Å². The van der Waals surface area contributed by atoms with Crippen LogP contribution in [0.2, 0.25) is 0 Å². The van der Waals surface area contributed by atoms with Gasteiger partial charge in [0.05, 0.1) is 12.7 Å². The van der Waals surface area contributed by atoms with Crippen molar-refractivity contribution in [1.82, 2.24) is 0 Å². The number of hydrogen-bond acceptors (Lipinski definition) is 3. The number of anilines is 2. The van der Waals surface area contributed by atoms with E-state index in [1.165, 1.54) is 0 Å². The number of methoxy groups -OCH3 is 1. The minimum Gasteiger partial charge on any atom is -0.497 e. The van der Waals surface area contributed by atoms with Crippen molar-refractivity contribution in [3.8, 4) is 5.75 Å². The van der Waals surface area contributed by atoms with Crippen molar-refractivity contribution >= 4 is 39.1 Å². The Labute approximate surface area is 167 Å². The van der Waals surface area contributed by atoms with Crippen LogP contribution in [0.3, 0.4) is 0 Å². The lowest BCUT2D eigenvalue weighted by molar-refractivity contribution is -0.118. The number of ether oxygens (including phenoxy) is 1. The molecule has 0 radical (unpaired) electrons. The number of halogens is 1. The van der Waals surface area contributed by atoms with Gasteiger partial charge in [-0.1, -0.05) is 13.3 Å². The third-order valence-corrected chi connectivity index (χ3v) is 5.38. The molecule has 6 heteroatoms. The fraction of sp³-hybridized carbons (Fsp3) is 0.333. The summed E-state index contributed by atoms with van der Waals surface area (Å²) in [6.45, 7) is 2.86. The summed E-state index contributed by atoms with van der Waals surface area (Å²) in [5.74, 6) is 0.586. The largest absolute Gasteiger partial charge is 0.497 e. The molecule has 0 unspecified atom stereocenters. The van der Waals surface area contributed by atoms with Crippen molar-refractivity contribution in [2.24, 2.45) is 0 Å². The van der Waals surface area contributed by atoms with Gasteiger partial charge in [-0.2, -0.15) is 0 Å². The first-order chi connectivity index (χ1) is 13.0. The zero-order chi connectivity index (χ0) is 19.4. The topological polar surface area (TPSA) is 58.6 Å². The van der Waals surface area contributed by atoms with Gasteiger partial charge in [-0.25, -0.2) is 0 Å². The minimum atomic E-state index is -0.213. The van der Waals surface area contributed by atoms with Crippen molar-refractivity contribution in [3.63, 3.8) is 0 Å². The van der Waals surface area contributed by atoms with Crippen LogP contribution < -0.4 is 15.0 Å². The lowest BCUT2D eigenvalue weighted by Gasteiger charge is -2.29. The highest BCUT2D eigenvalue weighted by Crippen LogP contribution is 2.31. The molecular weight excluding hydrogens is 408 g/mol. The summed E-state index contributed by atoms with van der Waals surface area (Å²) in [5.41, 5.74) is 3.28. The van der Waals surface area contributed by atoms with E-state index in [4.69, 9.17) is 4.74 Å². The third kappa shape index (κ3) is 4.33. The summed E-state index contributed by atoms with van der Waals surface area (Å²) in [7, 11) is 1.57. The molecular formula is C21H23BrN2O3. The molecule has 0 fully saturated rings. The number of hydrogen-bond donors (Lipinski definition) is 1. The SMILES string of the molecule is CCCCN1C(=O)CCc2cc(NC(=O)c3cc(OC)ccc3Br)ccc21. The van der Waals surface area contributed by atoms with Crippen LogP contribution in [-0.4, -0.2) is 25.5 Å². The standard InChI is InChI=1S/C21H23BrN2O3/c1-3-4-11-24-19-9-6-15(12-14(19)5-10-20(24)25)23-21(26)17-13-16(27-2)7-8-18(17)22/h6-9,12-13H,3-5,10-11H2,1-2H3,(H,23,26). The van der Waals surface area contributed by atoms with Gasteiger partial charge in [0.25, 0.3) is 5.91 Å². The molecule has 1 N–H and O–H groups in total. The highest BCUT2D eigenvalue weighted by molar-refractivity contribution is 9.10. The van der Waals surface area contributed by atoms with Gasteiger partial charge in [-0.05, 0) is 70.7 Å². The highest BCUT2D eigenvalue weighted by Gasteiger charge is 2.24. The molecule has 1 aliphatic rings. The predicted molar refractivity (Wildman–Crippen MR) is 111 cm³/mol. The summed E-state index contributed by atoms with van der Waals surface area (Å²) in [6.07, 6.45) is 3.23. The van der Waals surface area contributed by atoms with Gasteiger partial charge >= 0.3 is 0 Å². The maximum absolute atomic E-state index is 12.7. The molecule has 0 atom stereocenters. The molecule has 2 aromatic carbocycles. The second-order valence-corrected chi connectivity index (χ2v) is 7.40. The second-order valence-electron chi connectivity index (χ2n) is 6.54. The Morgan fingerprint density at radius 2 is 2.04 bits per heavy atom. The molecule has 5 nitrogen and oxygen atoms in total. The predicted octanol–water partition coefficient (Wildman–Crippen LogP) is 4.79. The van der Waals surface area contributed by atoms with E-state index in [1.54, 1.807) is 25.3 Å². The van der Waals surface area contributed by atoms with Crippen LogP contribution in [0.4, 0.5) is 11.4 Å². The second kappa shape index (κ2) is 8.57. The van der Waals surface area contributed by atoms with Gasteiger partial charge in [0.1, 0.15) is 5.75 Å². The summed E-state index contributed by atoms with van der Waals surface area (Å²) >= 11 is 3.41. The van der Waals surface area contributed by atoms with Crippen LogP contribution in [0.15, 0.2) is 40.9 Å². The zero-order valence-electron chi connectivity index (χ0n) is 15.5. The van der Waals surface area contributed by atoms with Crippen LogP contribution >= 0.6 is 15.9 Å². The normalized spacial score (nSPS) is 13.3. The zero-order valence-corrected chi connectivity index (χ0v) is 17.1. The van der Waals surface area contributed by atoms with E-state index in [9.17, 15) is 9.59 Å². The number of nitrogens with zero attached hydrogens (tertiary/aromatic N) is 1. The van der Waals surface area contributed by atoms with E-state index in [-0.39, 0.29) is 11.8 Å². The molecule has 142 valence electrons. The van der Waals surface area contributed by atoms with Gasteiger partial charge < -0.3 is 15.0 Å². The van der Waals surface area contributed by atoms with Crippen LogP contribution in [0.5, 0.6) is 5.75 Å². The van der Waals surface area contributed by atoms with Crippen molar-refractivity contribution < 1.29 is 14.3 Å². The number of rotatable bonds is 6. The number of nitrogens with one attached hydrogen (secondary N) is 1. The first kappa shape index (κ1) is 19.4. The number of carbonyl (C=O) groups is 2. The van der Waals surface area contributed by atoms with E-state index in [0.717, 1.165) is 36.3 Å². The number of carbonyl (C=O) groups excluding carboxylic acids is 2. The van der Waals surface area contributed by atoms with Crippen LogP contribution in [0, 0.1) is 0 Å². The summed E-state index contributed by atoms with van der Waals surface area (Å²) < 4.78 is 5.90. The molecule has 2 aromatic rings. The van der Waals surface area contributed by atoms with Crippen LogP contribution in [0.25, 0.3) is 0 Å². The molecule has 27 heavy (non-hydrogen) atoms. The van der Waals surface area contributed by atoms with E-state index in [2.05, 4.69) is 28.2 Å². The molecule has 2 amide bonds. The fourth-order valence-electron chi connectivity index (χ4n) is 3.20. The Morgan fingerprint density at radius 1 is 1.22 bits per heavy atom. The van der Waals surface area contributed by atoms with Gasteiger partial charge in [-0.15, -0.1) is 0 Å². The molecule has 0 saturated carbocycles.